The third-order valence-corrected chi connectivity index (χ3v) is 9.54. The van der Waals surface area contributed by atoms with Gasteiger partial charge < -0.3 is 9.47 Å². The SMILES string of the molecule is c1ccc(B2c3cc(-n4c5ccccc5c5ccccc54)ccc3N3c4ccccc4Sc4cccc2c43)cc1. The van der Waals surface area contributed by atoms with Crippen LogP contribution in [0.1, 0.15) is 0 Å². The van der Waals surface area contributed by atoms with Crippen LogP contribution in [0.5, 0.6) is 0 Å². The lowest BCUT2D eigenvalue weighted by Crippen LogP contribution is -2.57. The largest absolute Gasteiger partial charge is 0.309 e. The predicted octanol–water partition coefficient (Wildman–Crippen LogP) is 7.55. The zero-order valence-corrected chi connectivity index (χ0v) is 22.5. The van der Waals surface area contributed by atoms with Crippen molar-refractivity contribution in [2.75, 3.05) is 4.90 Å². The second-order valence-corrected chi connectivity index (χ2v) is 11.6. The van der Waals surface area contributed by atoms with Crippen molar-refractivity contribution in [3.8, 4) is 5.69 Å². The van der Waals surface area contributed by atoms with Crippen LogP contribution in [-0.4, -0.2) is 11.3 Å². The molecule has 0 amide bonds. The summed E-state index contributed by atoms with van der Waals surface area (Å²) in [5.41, 5.74) is 11.5. The highest BCUT2D eigenvalue weighted by Crippen LogP contribution is 2.51. The van der Waals surface area contributed by atoms with Gasteiger partial charge in [0.25, 0.3) is 0 Å². The Bertz CT molecular complexity index is 2060. The molecular weight excluding hydrogens is 503 g/mol. The van der Waals surface area contributed by atoms with Crippen molar-refractivity contribution < 1.29 is 0 Å². The summed E-state index contributed by atoms with van der Waals surface area (Å²) < 4.78 is 2.43. The molecule has 40 heavy (non-hydrogen) atoms. The first-order valence-electron chi connectivity index (χ1n) is 13.7. The van der Waals surface area contributed by atoms with E-state index in [1.807, 2.05) is 11.8 Å². The summed E-state index contributed by atoms with van der Waals surface area (Å²) in [6.07, 6.45) is 0. The summed E-state index contributed by atoms with van der Waals surface area (Å²) >= 11 is 1.88. The molecule has 2 nitrogen and oxygen atoms in total. The van der Waals surface area contributed by atoms with Gasteiger partial charge in [0.15, 0.2) is 0 Å². The molecule has 4 heteroatoms. The van der Waals surface area contributed by atoms with E-state index in [2.05, 4.69) is 149 Å². The molecule has 0 bridgehead atoms. The zero-order chi connectivity index (χ0) is 26.2. The van der Waals surface area contributed by atoms with E-state index < -0.39 is 0 Å². The van der Waals surface area contributed by atoms with Crippen LogP contribution in [0, 0.1) is 0 Å². The molecule has 0 fully saturated rings. The molecule has 7 aromatic rings. The van der Waals surface area contributed by atoms with E-state index in [1.165, 1.54) is 70.7 Å². The number of rotatable bonds is 2. The first-order valence-corrected chi connectivity index (χ1v) is 14.6. The molecule has 0 aliphatic carbocycles. The van der Waals surface area contributed by atoms with Gasteiger partial charge in [-0.3, -0.25) is 0 Å². The summed E-state index contributed by atoms with van der Waals surface area (Å²) in [7, 11) is 0. The third-order valence-electron chi connectivity index (χ3n) is 8.43. The summed E-state index contributed by atoms with van der Waals surface area (Å²) in [6, 6.07) is 51.2. The summed E-state index contributed by atoms with van der Waals surface area (Å²) in [4.78, 5) is 5.11. The van der Waals surface area contributed by atoms with Gasteiger partial charge in [0.05, 0.1) is 22.4 Å². The Hall–Kier alpha value is -4.67. The zero-order valence-electron chi connectivity index (χ0n) is 21.7. The maximum atomic E-state index is 2.50. The van der Waals surface area contributed by atoms with Gasteiger partial charge in [-0.15, -0.1) is 0 Å². The molecule has 186 valence electrons. The van der Waals surface area contributed by atoms with E-state index in [0.29, 0.717) is 0 Å². The predicted molar refractivity (Wildman–Crippen MR) is 171 cm³/mol. The second-order valence-electron chi connectivity index (χ2n) is 10.6. The van der Waals surface area contributed by atoms with Crippen LogP contribution >= 0.6 is 11.8 Å². The van der Waals surface area contributed by atoms with E-state index in [4.69, 9.17) is 0 Å². The minimum atomic E-state index is 0.140. The molecule has 1 aromatic heterocycles. The fourth-order valence-corrected chi connectivity index (χ4v) is 7.90. The lowest BCUT2D eigenvalue weighted by Gasteiger charge is -2.41. The van der Waals surface area contributed by atoms with E-state index >= 15 is 0 Å². The number of anilines is 3. The number of fused-ring (bicyclic) bond motifs is 7. The normalized spacial score (nSPS) is 13.3. The molecule has 3 heterocycles. The van der Waals surface area contributed by atoms with Crippen LogP contribution in [-0.2, 0) is 0 Å². The summed E-state index contributed by atoms with van der Waals surface area (Å²) in [6.45, 7) is 0.140. The van der Waals surface area contributed by atoms with Crippen LogP contribution in [0.15, 0.2) is 149 Å². The topological polar surface area (TPSA) is 8.17 Å². The molecule has 0 saturated heterocycles. The van der Waals surface area contributed by atoms with Crippen LogP contribution in [0.25, 0.3) is 27.5 Å². The number of nitrogens with zero attached hydrogens (tertiary/aromatic N) is 2. The smallest absolute Gasteiger partial charge is 0.246 e. The Balaban J connectivity index is 1.37. The molecule has 2 aliphatic heterocycles. The Kier molecular flexibility index (Phi) is 4.67. The molecule has 0 radical (unpaired) electrons. The molecular formula is C36H23BN2S. The van der Waals surface area contributed by atoms with Gasteiger partial charge in [-0.1, -0.05) is 108 Å². The van der Waals surface area contributed by atoms with Gasteiger partial charge in [0.2, 0.25) is 6.71 Å². The van der Waals surface area contributed by atoms with Crippen molar-refractivity contribution in [2.24, 2.45) is 0 Å². The van der Waals surface area contributed by atoms with E-state index in [-0.39, 0.29) is 6.71 Å². The number of hydrogen-bond acceptors (Lipinski definition) is 2. The Morgan fingerprint density at radius 3 is 1.98 bits per heavy atom. The lowest BCUT2D eigenvalue weighted by atomic mass is 9.35. The fourth-order valence-electron chi connectivity index (χ4n) is 6.80. The highest BCUT2D eigenvalue weighted by atomic mass is 32.2. The van der Waals surface area contributed by atoms with Crippen molar-refractivity contribution >= 4 is 73.7 Å². The van der Waals surface area contributed by atoms with Crippen LogP contribution in [0.2, 0.25) is 0 Å². The van der Waals surface area contributed by atoms with Crippen LogP contribution < -0.4 is 21.3 Å². The maximum absolute atomic E-state index is 2.50. The maximum Gasteiger partial charge on any atom is 0.246 e. The molecule has 0 spiro atoms. The number of benzene rings is 6. The van der Waals surface area contributed by atoms with Crippen molar-refractivity contribution in [3.05, 3.63) is 140 Å². The van der Waals surface area contributed by atoms with Crippen molar-refractivity contribution in [2.45, 2.75) is 9.79 Å². The fraction of sp³-hybridized carbons (Fsp3) is 0. The molecule has 6 aromatic carbocycles. The molecule has 0 saturated carbocycles. The van der Waals surface area contributed by atoms with Crippen LogP contribution in [0.4, 0.5) is 17.1 Å². The molecule has 0 unspecified atom stereocenters. The summed E-state index contributed by atoms with van der Waals surface area (Å²) in [5, 5.41) is 2.57. The van der Waals surface area contributed by atoms with Gasteiger partial charge in [-0.25, -0.2) is 0 Å². The van der Waals surface area contributed by atoms with Crippen molar-refractivity contribution in [1.82, 2.24) is 4.57 Å². The summed E-state index contributed by atoms with van der Waals surface area (Å²) in [5.74, 6) is 0. The van der Waals surface area contributed by atoms with Gasteiger partial charge in [-0.2, -0.15) is 0 Å². The minimum Gasteiger partial charge on any atom is -0.309 e. The van der Waals surface area contributed by atoms with Gasteiger partial charge >= 0.3 is 0 Å². The van der Waals surface area contributed by atoms with Gasteiger partial charge in [0.1, 0.15) is 0 Å². The Morgan fingerprint density at radius 1 is 0.500 bits per heavy atom. The monoisotopic (exact) mass is 526 g/mol. The highest BCUT2D eigenvalue weighted by Gasteiger charge is 2.39. The van der Waals surface area contributed by atoms with Crippen molar-refractivity contribution in [3.63, 3.8) is 0 Å². The van der Waals surface area contributed by atoms with Crippen molar-refractivity contribution in [1.29, 1.82) is 0 Å². The average molecular weight is 526 g/mol. The minimum absolute atomic E-state index is 0.140. The second kappa shape index (κ2) is 8.42. The van der Waals surface area contributed by atoms with E-state index in [9.17, 15) is 0 Å². The Morgan fingerprint density at radius 2 is 1.18 bits per heavy atom. The van der Waals surface area contributed by atoms with Gasteiger partial charge in [-0.05, 0) is 59.5 Å². The number of aromatic nitrogens is 1. The molecule has 2 aliphatic rings. The lowest BCUT2D eigenvalue weighted by molar-refractivity contribution is 1.15. The number of hydrogen-bond donors (Lipinski definition) is 0. The van der Waals surface area contributed by atoms with E-state index in [1.54, 1.807) is 0 Å². The Labute approximate surface area is 237 Å². The first kappa shape index (κ1) is 22.2. The quantitative estimate of drug-likeness (QED) is 0.215. The average Bonchev–Trinajstić information content (AvgIpc) is 3.35. The highest BCUT2D eigenvalue weighted by molar-refractivity contribution is 7.99. The van der Waals surface area contributed by atoms with Gasteiger partial charge in [0, 0.05) is 31.9 Å². The first-order chi connectivity index (χ1) is 19.9. The molecule has 9 rings (SSSR count). The van der Waals surface area contributed by atoms with E-state index in [0.717, 1.165) is 0 Å². The molecule has 0 atom stereocenters. The standard InChI is InChI=1S/C36H23BN2S/c1-2-11-24(12-3-1)37-28-15-10-20-35-36(28)39(33-18-8-9-19-34(33)40-35)32-22-21-25(23-29(32)37)38-30-16-6-4-13-26(30)27-14-5-7-17-31(27)38/h1-23H. The third kappa shape index (κ3) is 3.03. The van der Waals surface area contributed by atoms with Crippen LogP contribution in [0.3, 0.4) is 0 Å². The number of para-hydroxylation sites is 4. The molecule has 0 N–H and O–H groups in total.